The van der Waals surface area contributed by atoms with Gasteiger partial charge in [0, 0.05) is 0 Å². The molecule has 0 aliphatic carbocycles. The number of carbonyl (C=O) groups excluding carboxylic acids is 1. The zero-order chi connectivity index (χ0) is 9.84. The molecule has 0 saturated heterocycles. The van der Waals surface area contributed by atoms with Gasteiger partial charge in [-0.1, -0.05) is 12.1 Å². The van der Waals surface area contributed by atoms with Gasteiger partial charge >= 0.3 is 0 Å². The van der Waals surface area contributed by atoms with Crippen LogP contribution in [0.1, 0.15) is 11.1 Å². The van der Waals surface area contributed by atoms with Crippen molar-refractivity contribution in [3.8, 4) is 0 Å². The smallest absolute Gasteiger partial charge is 0.138 e. The Morgan fingerprint density at radius 2 is 2.31 bits per heavy atom. The largest absolute Gasteiger partial charge is 0.302 e. The molecular weight excluding hydrogens is 191 g/mol. The minimum absolute atomic E-state index is 0.235. The van der Waals surface area contributed by atoms with Crippen molar-refractivity contribution in [2.24, 2.45) is 0 Å². The van der Waals surface area contributed by atoms with Crippen LogP contribution >= 0.6 is 11.6 Å². The summed E-state index contributed by atoms with van der Waals surface area (Å²) in [5.41, 5.74) is 1.46. The molecule has 0 aliphatic heterocycles. The van der Waals surface area contributed by atoms with Gasteiger partial charge in [0.15, 0.2) is 0 Å². The molecule has 0 radical (unpaired) electrons. The normalized spacial score (nSPS) is 12.5. The SMILES string of the molecule is Cc1cc(CC(Cl)C=O)ccc1F. The molecular formula is C10H10ClFO. The topological polar surface area (TPSA) is 17.1 Å². The highest BCUT2D eigenvalue weighted by molar-refractivity contribution is 6.27. The number of rotatable bonds is 3. The van der Waals surface area contributed by atoms with Gasteiger partial charge in [0.05, 0.1) is 5.38 Å². The summed E-state index contributed by atoms with van der Waals surface area (Å²) in [7, 11) is 0. The van der Waals surface area contributed by atoms with E-state index in [9.17, 15) is 9.18 Å². The first kappa shape index (κ1) is 10.2. The lowest BCUT2D eigenvalue weighted by atomic mass is 10.1. The summed E-state index contributed by atoms with van der Waals surface area (Å²) in [4.78, 5) is 10.3. The fourth-order valence-electron chi connectivity index (χ4n) is 1.11. The molecule has 0 spiro atoms. The number of carbonyl (C=O) groups is 1. The fraction of sp³-hybridized carbons (Fsp3) is 0.300. The summed E-state index contributed by atoms with van der Waals surface area (Å²) in [6, 6.07) is 4.73. The number of halogens is 2. The number of hydrogen-bond donors (Lipinski definition) is 0. The van der Waals surface area contributed by atoms with E-state index in [0.29, 0.717) is 18.3 Å². The second kappa shape index (κ2) is 4.38. The van der Waals surface area contributed by atoms with Crippen LogP contribution < -0.4 is 0 Å². The van der Waals surface area contributed by atoms with E-state index in [1.54, 1.807) is 19.1 Å². The first-order chi connectivity index (χ1) is 6.13. The van der Waals surface area contributed by atoms with Crippen LogP contribution in [0, 0.1) is 12.7 Å². The van der Waals surface area contributed by atoms with Gasteiger partial charge in [-0.25, -0.2) is 4.39 Å². The number of hydrogen-bond acceptors (Lipinski definition) is 1. The summed E-state index contributed by atoms with van der Waals surface area (Å²) < 4.78 is 12.8. The van der Waals surface area contributed by atoms with E-state index >= 15 is 0 Å². The Morgan fingerprint density at radius 1 is 1.62 bits per heavy atom. The van der Waals surface area contributed by atoms with Crippen LogP contribution in [-0.2, 0) is 11.2 Å². The maximum atomic E-state index is 12.8. The molecule has 0 N–H and O–H groups in total. The number of alkyl halides is 1. The molecule has 1 aromatic rings. The van der Waals surface area contributed by atoms with Crippen molar-refractivity contribution in [3.05, 3.63) is 35.1 Å². The van der Waals surface area contributed by atoms with Crippen molar-refractivity contribution >= 4 is 17.9 Å². The third kappa shape index (κ3) is 2.81. The number of aldehydes is 1. The third-order valence-electron chi connectivity index (χ3n) is 1.80. The van der Waals surface area contributed by atoms with Crippen molar-refractivity contribution < 1.29 is 9.18 Å². The lowest BCUT2D eigenvalue weighted by Crippen LogP contribution is -2.04. The lowest BCUT2D eigenvalue weighted by Gasteiger charge is -2.03. The minimum atomic E-state index is -0.523. The minimum Gasteiger partial charge on any atom is -0.302 e. The quantitative estimate of drug-likeness (QED) is 0.541. The van der Waals surface area contributed by atoms with Gasteiger partial charge in [0.2, 0.25) is 0 Å². The van der Waals surface area contributed by atoms with Crippen LogP contribution in [0.25, 0.3) is 0 Å². The molecule has 1 rings (SSSR count). The van der Waals surface area contributed by atoms with Crippen LogP contribution in [0.5, 0.6) is 0 Å². The molecule has 0 aliphatic rings. The Kier molecular flexibility index (Phi) is 3.43. The molecule has 0 amide bonds. The molecule has 1 nitrogen and oxygen atoms in total. The van der Waals surface area contributed by atoms with Crippen LogP contribution in [0.4, 0.5) is 4.39 Å². The fourth-order valence-corrected chi connectivity index (χ4v) is 1.29. The molecule has 70 valence electrons. The maximum Gasteiger partial charge on any atom is 0.138 e. The van der Waals surface area contributed by atoms with E-state index in [-0.39, 0.29) is 5.82 Å². The van der Waals surface area contributed by atoms with E-state index in [1.165, 1.54) is 6.07 Å². The van der Waals surface area contributed by atoms with Gasteiger partial charge in [-0.2, -0.15) is 0 Å². The third-order valence-corrected chi connectivity index (χ3v) is 2.06. The zero-order valence-electron chi connectivity index (χ0n) is 7.26. The summed E-state index contributed by atoms with van der Waals surface area (Å²) in [5.74, 6) is -0.235. The van der Waals surface area contributed by atoms with Crippen LogP contribution in [0.2, 0.25) is 0 Å². The average molecular weight is 201 g/mol. The van der Waals surface area contributed by atoms with E-state index in [4.69, 9.17) is 11.6 Å². The molecule has 0 aromatic heterocycles. The molecule has 0 heterocycles. The Hall–Kier alpha value is -0.890. The molecule has 1 unspecified atom stereocenters. The van der Waals surface area contributed by atoms with Crippen LogP contribution in [0.15, 0.2) is 18.2 Å². The Bertz CT molecular complexity index is 312. The van der Waals surface area contributed by atoms with E-state index in [2.05, 4.69) is 0 Å². The Morgan fingerprint density at radius 3 is 2.85 bits per heavy atom. The second-order valence-corrected chi connectivity index (χ2v) is 3.50. The van der Waals surface area contributed by atoms with E-state index < -0.39 is 5.38 Å². The van der Waals surface area contributed by atoms with Gasteiger partial charge in [0.25, 0.3) is 0 Å². The molecule has 13 heavy (non-hydrogen) atoms. The summed E-state index contributed by atoms with van der Waals surface area (Å²) in [6.07, 6.45) is 1.13. The van der Waals surface area contributed by atoms with Gasteiger partial charge in [-0.05, 0) is 30.5 Å². The lowest BCUT2D eigenvalue weighted by molar-refractivity contribution is -0.107. The molecule has 1 aromatic carbocycles. The molecule has 0 fully saturated rings. The molecule has 0 saturated carbocycles. The summed E-state index contributed by atoms with van der Waals surface area (Å²) >= 11 is 5.63. The van der Waals surface area contributed by atoms with Gasteiger partial charge in [-0.3, -0.25) is 0 Å². The summed E-state index contributed by atoms with van der Waals surface area (Å²) in [6.45, 7) is 1.68. The van der Waals surface area contributed by atoms with Gasteiger partial charge in [0.1, 0.15) is 12.1 Å². The summed E-state index contributed by atoms with van der Waals surface area (Å²) in [5, 5.41) is -0.523. The second-order valence-electron chi connectivity index (χ2n) is 2.94. The van der Waals surface area contributed by atoms with E-state index in [1.807, 2.05) is 0 Å². The number of benzene rings is 1. The predicted octanol–water partition coefficient (Wildman–Crippen LogP) is 2.48. The van der Waals surface area contributed by atoms with Crippen molar-refractivity contribution in [2.75, 3.05) is 0 Å². The standard InChI is InChI=1S/C10H10ClFO/c1-7-4-8(2-3-10(7)12)5-9(11)6-13/h2-4,6,9H,5H2,1H3. The van der Waals surface area contributed by atoms with Crippen molar-refractivity contribution in [1.29, 1.82) is 0 Å². The van der Waals surface area contributed by atoms with Crippen molar-refractivity contribution in [3.63, 3.8) is 0 Å². The highest BCUT2D eigenvalue weighted by atomic mass is 35.5. The Labute approximate surface area is 81.5 Å². The number of aryl methyl sites for hydroxylation is 1. The molecule has 1 atom stereocenters. The zero-order valence-corrected chi connectivity index (χ0v) is 8.01. The van der Waals surface area contributed by atoms with Crippen LogP contribution in [0.3, 0.4) is 0 Å². The van der Waals surface area contributed by atoms with Crippen molar-refractivity contribution in [2.45, 2.75) is 18.7 Å². The molecule has 3 heteroatoms. The van der Waals surface area contributed by atoms with Crippen molar-refractivity contribution in [1.82, 2.24) is 0 Å². The molecule has 0 bridgehead atoms. The van der Waals surface area contributed by atoms with Gasteiger partial charge < -0.3 is 4.79 Å². The van der Waals surface area contributed by atoms with Crippen LogP contribution in [-0.4, -0.2) is 11.7 Å². The van der Waals surface area contributed by atoms with E-state index in [0.717, 1.165) is 5.56 Å². The highest BCUT2D eigenvalue weighted by Gasteiger charge is 2.05. The Balaban J connectivity index is 2.79. The first-order valence-electron chi connectivity index (χ1n) is 3.98. The van der Waals surface area contributed by atoms with Gasteiger partial charge in [-0.15, -0.1) is 11.6 Å². The average Bonchev–Trinajstić information content (AvgIpc) is 2.11. The predicted molar refractivity (Wildman–Crippen MR) is 50.5 cm³/mol. The monoisotopic (exact) mass is 200 g/mol. The highest BCUT2D eigenvalue weighted by Crippen LogP contribution is 2.12. The maximum absolute atomic E-state index is 12.8. The first-order valence-corrected chi connectivity index (χ1v) is 4.41.